The molecule has 1 atom stereocenters. The minimum Gasteiger partial charge on any atom is -0.337 e. The van der Waals surface area contributed by atoms with E-state index < -0.39 is 34.3 Å². The van der Waals surface area contributed by atoms with Gasteiger partial charge in [-0.2, -0.15) is 0 Å². The first-order valence-electron chi connectivity index (χ1n) is 8.55. The van der Waals surface area contributed by atoms with Gasteiger partial charge in [0, 0.05) is 12.1 Å². The van der Waals surface area contributed by atoms with Crippen LogP contribution in [0.4, 0.5) is 18.9 Å². The number of imidazole rings is 1. The number of anilines is 1. The maximum absolute atomic E-state index is 13.7. The first-order valence-corrected chi connectivity index (χ1v) is 9.43. The van der Waals surface area contributed by atoms with Crippen LogP contribution in [0.25, 0.3) is 0 Å². The highest BCUT2D eigenvalue weighted by Crippen LogP contribution is 2.25. The molecule has 0 fully saturated rings. The van der Waals surface area contributed by atoms with Gasteiger partial charge < -0.3 is 10.3 Å². The van der Waals surface area contributed by atoms with Crippen LogP contribution in [-0.4, -0.2) is 21.1 Å². The fraction of sp³-hybridized carbons (Fsp3) is 0.200. The van der Waals surface area contributed by atoms with Crippen molar-refractivity contribution in [2.24, 2.45) is 0 Å². The summed E-state index contributed by atoms with van der Waals surface area (Å²) in [5.41, 5.74) is 2.48. The number of nitrogens with zero attached hydrogens (tertiary/aromatic N) is 1. The summed E-state index contributed by atoms with van der Waals surface area (Å²) in [6.45, 7) is 3.52. The number of carbonyl (C=O) groups excluding carboxylic acids is 1. The number of H-pyrrole nitrogens is 1. The van der Waals surface area contributed by atoms with Gasteiger partial charge in [-0.15, -0.1) is 0 Å². The number of rotatable bonds is 6. The fourth-order valence-electron chi connectivity index (χ4n) is 2.56. The van der Waals surface area contributed by atoms with E-state index in [1.165, 1.54) is 0 Å². The van der Waals surface area contributed by atoms with Gasteiger partial charge in [0.25, 0.3) is 0 Å². The summed E-state index contributed by atoms with van der Waals surface area (Å²) in [4.78, 5) is 19.9. The molecule has 146 valence electrons. The number of hydrogen-bond donors (Lipinski definition) is 2. The Morgan fingerprint density at radius 1 is 1.14 bits per heavy atom. The third kappa shape index (κ3) is 4.56. The Balaban J connectivity index is 1.66. The van der Waals surface area contributed by atoms with Crippen molar-refractivity contribution in [3.63, 3.8) is 0 Å². The van der Waals surface area contributed by atoms with Crippen LogP contribution in [0.15, 0.2) is 47.6 Å². The Labute approximate surface area is 164 Å². The summed E-state index contributed by atoms with van der Waals surface area (Å²) in [6, 6.07) is 11.6. The number of amides is 1. The number of hydrogen-bond acceptors (Lipinski definition) is 3. The second kappa shape index (κ2) is 8.52. The van der Waals surface area contributed by atoms with E-state index >= 15 is 0 Å². The summed E-state index contributed by atoms with van der Waals surface area (Å²) in [7, 11) is 0. The predicted molar refractivity (Wildman–Crippen MR) is 103 cm³/mol. The van der Waals surface area contributed by atoms with Crippen LogP contribution in [0.2, 0.25) is 0 Å². The minimum atomic E-state index is -1.62. The SMILES string of the molecule is Cc1[nH]c(S[C@@H](C)C(=O)Nc2ccc(F)c(F)c2F)nc1Cc1ccccc1. The smallest absolute Gasteiger partial charge is 0.237 e. The molecule has 0 spiro atoms. The number of carbonyl (C=O) groups is 1. The molecule has 4 nitrogen and oxygen atoms in total. The van der Waals surface area contributed by atoms with Gasteiger partial charge in [0.1, 0.15) is 0 Å². The van der Waals surface area contributed by atoms with E-state index in [0.717, 1.165) is 40.8 Å². The number of aromatic amines is 1. The van der Waals surface area contributed by atoms with Crippen molar-refractivity contribution in [1.29, 1.82) is 0 Å². The van der Waals surface area contributed by atoms with E-state index in [2.05, 4.69) is 15.3 Å². The number of benzene rings is 2. The maximum Gasteiger partial charge on any atom is 0.237 e. The standard InChI is InChI=1S/C20H18F3N3OS/c1-11-16(10-13-6-4-3-5-7-13)26-20(24-11)28-12(2)19(27)25-15-9-8-14(21)17(22)18(15)23/h3-9,12H,10H2,1-2H3,(H,24,26)(H,25,27)/t12-/m0/s1. The third-order valence-electron chi connectivity index (χ3n) is 4.13. The van der Waals surface area contributed by atoms with E-state index in [-0.39, 0.29) is 0 Å². The monoisotopic (exact) mass is 405 g/mol. The Bertz CT molecular complexity index is 992. The zero-order chi connectivity index (χ0) is 20.3. The molecule has 0 aliphatic rings. The lowest BCUT2D eigenvalue weighted by Gasteiger charge is -2.11. The second-order valence-corrected chi connectivity index (χ2v) is 7.58. The predicted octanol–water partition coefficient (Wildman–Crippen LogP) is 4.85. The van der Waals surface area contributed by atoms with Crippen LogP contribution in [0.5, 0.6) is 0 Å². The van der Waals surface area contributed by atoms with Crippen molar-refractivity contribution < 1.29 is 18.0 Å². The zero-order valence-electron chi connectivity index (χ0n) is 15.2. The molecule has 1 aromatic heterocycles. The molecule has 0 aliphatic carbocycles. The molecule has 28 heavy (non-hydrogen) atoms. The Morgan fingerprint density at radius 3 is 2.57 bits per heavy atom. The van der Waals surface area contributed by atoms with Crippen LogP contribution in [0, 0.1) is 24.4 Å². The first-order chi connectivity index (χ1) is 13.3. The summed E-state index contributed by atoms with van der Waals surface area (Å²) in [5, 5.41) is 2.19. The van der Waals surface area contributed by atoms with E-state index in [1.54, 1.807) is 6.92 Å². The Morgan fingerprint density at radius 2 is 1.86 bits per heavy atom. The van der Waals surface area contributed by atoms with E-state index in [9.17, 15) is 18.0 Å². The van der Waals surface area contributed by atoms with Crippen LogP contribution in [0.3, 0.4) is 0 Å². The van der Waals surface area contributed by atoms with Crippen LogP contribution in [-0.2, 0) is 11.2 Å². The lowest BCUT2D eigenvalue weighted by atomic mass is 10.1. The molecule has 0 bridgehead atoms. The summed E-state index contributed by atoms with van der Waals surface area (Å²) in [5.74, 6) is -4.90. The molecular formula is C20H18F3N3OS. The van der Waals surface area contributed by atoms with Gasteiger partial charge in [-0.1, -0.05) is 42.1 Å². The van der Waals surface area contributed by atoms with Gasteiger partial charge in [0.2, 0.25) is 5.91 Å². The molecule has 1 amide bonds. The highest BCUT2D eigenvalue weighted by Gasteiger charge is 2.21. The average molecular weight is 405 g/mol. The van der Waals surface area contributed by atoms with Crippen molar-refractivity contribution in [2.45, 2.75) is 30.7 Å². The maximum atomic E-state index is 13.7. The Kier molecular flexibility index (Phi) is 6.08. The van der Waals surface area contributed by atoms with E-state index in [1.807, 2.05) is 37.3 Å². The highest BCUT2D eigenvalue weighted by atomic mass is 32.2. The van der Waals surface area contributed by atoms with Gasteiger partial charge in [-0.05, 0) is 31.5 Å². The number of thioether (sulfide) groups is 1. The van der Waals surface area contributed by atoms with Crippen molar-refractivity contribution >= 4 is 23.4 Å². The molecule has 3 rings (SSSR count). The molecule has 0 aliphatic heterocycles. The van der Waals surface area contributed by atoms with Gasteiger partial charge in [0.15, 0.2) is 22.6 Å². The number of aryl methyl sites for hydroxylation is 1. The summed E-state index contributed by atoms with van der Waals surface area (Å²) in [6.07, 6.45) is 0.657. The molecular weight excluding hydrogens is 387 g/mol. The Hall–Kier alpha value is -2.74. The molecule has 8 heteroatoms. The van der Waals surface area contributed by atoms with E-state index in [0.29, 0.717) is 11.6 Å². The number of nitrogens with one attached hydrogen (secondary N) is 2. The normalized spacial score (nSPS) is 12.0. The molecule has 1 heterocycles. The topological polar surface area (TPSA) is 57.8 Å². The van der Waals surface area contributed by atoms with Crippen molar-refractivity contribution in [3.05, 3.63) is 76.9 Å². The van der Waals surface area contributed by atoms with Crippen LogP contribution < -0.4 is 5.32 Å². The molecule has 3 aromatic rings. The molecule has 2 N–H and O–H groups in total. The largest absolute Gasteiger partial charge is 0.337 e. The molecule has 2 aromatic carbocycles. The molecule has 0 saturated carbocycles. The van der Waals surface area contributed by atoms with Gasteiger partial charge in [0.05, 0.1) is 16.6 Å². The van der Waals surface area contributed by atoms with Gasteiger partial charge >= 0.3 is 0 Å². The molecule has 0 radical (unpaired) electrons. The summed E-state index contributed by atoms with van der Waals surface area (Å²) >= 11 is 1.16. The fourth-order valence-corrected chi connectivity index (χ4v) is 3.44. The van der Waals surface area contributed by atoms with Gasteiger partial charge in [-0.25, -0.2) is 18.2 Å². The van der Waals surface area contributed by atoms with Crippen LogP contribution in [0.1, 0.15) is 23.9 Å². The minimum absolute atomic E-state index is 0.406. The van der Waals surface area contributed by atoms with Crippen molar-refractivity contribution in [3.8, 4) is 0 Å². The summed E-state index contributed by atoms with van der Waals surface area (Å²) < 4.78 is 40.0. The molecule has 0 unspecified atom stereocenters. The quantitative estimate of drug-likeness (QED) is 0.456. The zero-order valence-corrected chi connectivity index (χ0v) is 16.0. The lowest BCUT2D eigenvalue weighted by molar-refractivity contribution is -0.115. The van der Waals surface area contributed by atoms with Crippen LogP contribution >= 0.6 is 11.8 Å². The van der Waals surface area contributed by atoms with Gasteiger partial charge in [-0.3, -0.25) is 4.79 Å². The number of aromatic nitrogens is 2. The first kappa shape index (κ1) is 20.0. The lowest BCUT2D eigenvalue weighted by Crippen LogP contribution is -2.23. The van der Waals surface area contributed by atoms with E-state index in [4.69, 9.17) is 0 Å². The number of halogens is 3. The second-order valence-electron chi connectivity index (χ2n) is 6.25. The van der Waals surface area contributed by atoms with Crippen molar-refractivity contribution in [1.82, 2.24) is 9.97 Å². The highest BCUT2D eigenvalue weighted by molar-refractivity contribution is 8.00. The molecule has 0 saturated heterocycles. The average Bonchev–Trinajstić information content (AvgIpc) is 3.01. The van der Waals surface area contributed by atoms with Crippen molar-refractivity contribution in [2.75, 3.05) is 5.32 Å². The third-order valence-corrected chi connectivity index (χ3v) is 5.11.